The van der Waals surface area contributed by atoms with Gasteiger partial charge in [-0.3, -0.25) is 4.79 Å². The number of nitrogens with zero attached hydrogens (tertiary/aromatic N) is 1. The van der Waals surface area contributed by atoms with Gasteiger partial charge >= 0.3 is 0 Å². The minimum Gasteiger partial charge on any atom is -0.490 e. The zero-order valence-electron chi connectivity index (χ0n) is 17.4. The SMILES string of the molecule is CCCNS(=O)(=O)c1ccc(C(=O)Nc2ccc(OC3CCN(C)CC3)cc2)cc1. The molecule has 0 unspecified atom stereocenters. The van der Waals surface area contributed by atoms with Crippen molar-refractivity contribution in [3.05, 3.63) is 54.1 Å². The van der Waals surface area contributed by atoms with Crippen LogP contribution in [-0.2, 0) is 10.0 Å². The third kappa shape index (κ3) is 6.04. The average molecular weight is 432 g/mol. The van der Waals surface area contributed by atoms with Crippen LogP contribution in [0.1, 0.15) is 36.5 Å². The van der Waals surface area contributed by atoms with E-state index in [-0.39, 0.29) is 16.9 Å². The molecule has 1 heterocycles. The summed E-state index contributed by atoms with van der Waals surface area (Å²) in [6.45, 7) is 4.34. The number of nitrogens with one attached hydrogen (secondary N) is 2. The number of carbonyl (C=O) groups is 1. The molecule has 1 aliphatic heterocycles. The number of ether oxygens (including phenoxy) is 1. The van der Waals surface area contributed by atoms with E-state index in [1.807, 2.05) is 19.1 Å². The number of piperidine rings is 1. The highest BCUT2D eigenvalue weighted by Gasteiger charge is 2.18. The number of rotatable bonds is 8. The fourth-order valence-corrected chi connectivity index (χ4v) is 4.35. The molecule has 8 heteroatoms. The first kappa shape index (κ1) is 22.3. The Morgan fingerprint density at radius 2 is 1.70 bits per heavy atom. The van der Waals surface area contributed by atoms with E-state index in [2.05, 4.69) is 22.0 Å². The smallest absolute Gasteiger partial charge is 0.255 e. The fourth-order valence-electron chi connectivity index (χ4n) is 3.22. The quantitative estimate of drug-likeness (QED) is 0.671. The molecule has 0 aromatic heterocycles. The maximum Gasteiger partial charge on any atom is 0.255 e. The number of carbonyl (C=O) groups excluding carboxylic acids is 1. The first-order chi connectivity index (χ1) is 14.4. The van der Waals surface area contributed by atoms with Gasteiger partial charge in [0.2, 0.25) is 10.0 Å². The largest absolute Gasteiger partial charge is 0.490 e. The third-order valence-electron chi connectivity index (χ3n) is 5.05. The summed E-state index contributed by atoms with van der Waals surface area (Å²) >= 11 is 0. The molecule has 0 spiro atoms. The number of hydrogen-bond acceptors (Lipinski definition) is 5. The van der Waals surface area contributed by atoms with Gasteiger partial charge in [-0.15, -0.1) is 0 Å². The summed E-state index contributed by atoms with van der Waals surface area (Å²) in [7, 11) is -1.43. The van der Waals surface area contributed by atoms with Crippen molar-refractivity contribution in [2.45, 2.75) is 37.2 Å². The van der Waals surface area contributed by atoms with Gasteiger partial charge in [-0.05, 0) is 74.8 Å². The molecule has 30 heavy (non-hydrogen) atoms. The Morgan fingerprint density at radius 3 is 2.30 bits per heavy atom. The molecule has 2 N–H and O–H groups in total. The number of hydrogen-bond donors (Lipinski definition) is 2. The summed E-state index contributed by atoms with van der Waals surface area (Å²) in [6, 6.07) is 13.2. The van der Waals surface area contributed by atoms with Gasteiger partial charge in [0.15, 0.2) is 0 Å². The molecule has 1 saturated heterocycles. The molecule has 1 fully saturated rings. The molecule has 0 atom stereocenters. The predicted molar refractivity (Wildman–Crippen MR) is 117 cm³/mol. The summed E-state index contributed by atoms with van der Waals surface area (Å²) < 4.78 is 32.8. The van der Waals surface area contributed by atoms with E-state index in [0.29, 0.717) is 24.2 Å². The predicted octanol–water partition coefficient (Wildman–Crippen LogP) is 3.10. The summed E-state index contributed by atoms with van der Waals surface area (Å²) in [5.41, 5.74) is 1.04. The maximum absolute atomic E-state index is 12.5. The van der Waals surface area contributed by atoms with Gasteiger partial charge in [0.25, 0.3) is 5.91 Å². The molecule has 0 radical (unpaired) electrons. The molecule has 2 aromatic carbocycles. The summed E-state index contributed by atoms with van der Waals surface area (Å²) in [6.07, 6.45) is 2.95. The number of sulfonamides is 1. The Kier molecular flexibility index (Phi) is 7.47. The minimum absolute atomic E-state index is 0.142. The van der Waals surface area contributed by atoms with Crippen LogP contribution in [0.5, 0.6) is 5.75 Å². The Bertz CT molecular complexity index is 935. The molecule has 1 amide bonds. The van der Waals surface area contributed by atoms with E-state index in [9.17, 15) is 13.2 Å². The topological polar surface area (TPSA) is 87.7 Å². The number of likely N-dealkylation sites (tertiary alicyclic amines) is 1. The van der Waals surface area contributed by atoms with Gasteiger partial charge in [-0.1, -0.05) is 6.92 Å². The molecule has 2 aromatic rings. The van der Waals surface area contributed by atoms with E-state index >= 15 is 0 Å². The van der Waals surface area contributed by atoms with Crippen molar-refractivity contribution in [1.29, 1.82) is 0 Å². The molecule has 162 valence electrons. The molecule has 1 aliphatic rings. The van der Waals surface area contributed by atoms with E-state index in [0.717, 1.165) is 31.7 Å². The van der Waals surface area contributed by atoms with Crippen LogP contribution in [0, 0.1) is 0 Å². The summed E-state index contributed by atoms with van der Waals surface area (Å²) in [5, 5.41) is 2.82. The second-order valence-corrected chi connectivity index (χ2v) is 9.29. The highest BCUT2D eigenvalue weighted by Crippen LogP contribution is 2.21. The van der Waals surface area contributed by atoms with Gasteiger partial charge in [-0.2, -0.15) is 0 Å². The first-order valence-electron chi connectivity index (χ1n) is 10.2. The zero-order valence-corrected chi connectivity index (χ0v) is 18.2. The van der Waals surface area contributed by atoms with Crippen LogP contribution in [0.15, 0.2) is 53.4 Å². The van der Waals surface area contributed by atoms with Gasteiger partial charge < -0.3 is 15.0 Å². The average Bonchev–Trinajstić information content (AvgIpc) is 2.75. The van der Waals surface area contributed by atoms with E-state index in [4.69, 9.17) is 4.74 Å². The molecule has 0 saturated carbocycles. The Hall–Kier alpha value is -2.42. The number of anilines is 1. The van der Waals surface area contributed by atoms with Crippen LogP contribution < -0.4 is 14.8 Å². The van der Waals surface area contributed by atoms with Crippen molar-refractivity contribution in [2.24, 2.45) is 0 Å². The van der Waals surface area contributed by atoms with E-state index in [1.54, 1.807) is 12.1 Å². The third-order valence-corrected chi connectivity index (χ3v) is 6.53. The van der Waals surface area contributed by atoms with Crippen LogP contribution in [0.25, 0.3) is 0 Å². The van der Waals surface area contributed by atoms with Crippen LogP contribution in [0.4, 0.5) is 5.69 Å². The lowest BCUT2D eigenvalue weighted by Gasteiger charge is -2.29. The van der Waals surface area contributed by atoms with Crippen molar-refractivity contribution >= 4 is 21.6 Å². The standard InChI is InChI=1S/C22H29N3O4S/c1-3-14-23-30(27,28)21-10-4-17(5-11-21)22(26)24-18-6-8-19(9-7-18)29-20-12-15-25(2)16-13-20/h4-11,20,23H,3,12-16H2,1-2H3,(H,24,26). The molecular formula is C22H29N3O4S. The Balaban J connectivity index is 1.56. The number of benzene rings is 2. The lowest BCUT2D eigenvalue weighted by molar-refractivity contribution is 0.102. The van der Waals surface area contributed by atoms with E-state index in [1.165, 1.54) is 24.3 Å². The lowest BCUT2D eigenvalue weighted by Crippen LogP contribution is -2.35. The van der Waals surface area contributed by atoms with Crippen LogP contribution in [-0.4, -0.2) is 52.0 Å². The van der Waals surface area contributed by atoms with Crippen LogP contribution >= 0.6 is 0 Å². The van der Waals surface area contributed by atoms with E-state index < -0.39 is 10.0 Å². The second kappa shape index (κ2) is 10.1. The van der Waals surface area contributed by atoms with Crippen molar-refractivity contribution in [3.63, 3.8) is 0 Å². The van der Waals surface area contributed by atoms with Gasteiger partial charge in [0.1, 0.15) is 11.9 Å². The Labute approximate surface area is 178 Å². The molecule has 3 rings (SSSR count). The molecular weight excluding hydrogens is 402 g/mol. The van der Waals surface area contributed by atoms with Crippen molar-refractivity contribution < 1.29 is 17.9 Å². The monoisotopic (exact) mass is 431 g/mol. The fraction of sp³-hybridized carbons (Fsp3) is 0.409. The van der Waals surface area contributed by atoms with Gasteiger partial charge in [0.05, 0.1) is 4.90 Å². The second-order valence-electron chi connectivity index (χ2n) is 7.52. The minimum atomic E-state index is -3.54. The highest BCUT2D eigenvalue weighted by atomic mass is 32.2. The first-order valence-corrected chi connectivity index (χ1v) is 11.7. The Morgan fingerprint density at radius 1 is 1.07 bits per heavy atom. The molecule has 7 nitrogen and oxygen atoms in total. The lowest BCUT2D eigenvalue weighted by atomic mass is 10.1. The van der Waals surface area contributed by atoms with Crippen molar-refractivity contribution in [2.75, 3.05) is 32.0 Å². The summed E-state index contributed by atoms with van der Waals surface area (Å²) in [4.78, 5) is 14.9. The number of amides is 1. The molecule has 0 bridgehead atoms. The van der Waals surface area contributed by atoms with Crippen molar-refractivity contribution in [3.8, 4) is 5.75 Å². The zero-order chi connectivity index (χ0) is 21.6. The highest BCUT2D eigenvalue weighted by molar-refractivity contribution is 7.89. The van der Waals surface area contributed by atoms with Crippen molar-refractivity contribution in [1.82, 2.24) is 9.62 Å². The van der Waals surface area contributed by atoms with Gasteiger partial charge in [-0.25, -0.2) is 13.1 Å². The van der Waals surface area contributed by atoms with Crippen LogP contribution in [0.2, 0.25) is 0 Å². The van der Waals surface area contributed by atoms with Gasteiger partial charge in [0, 0.05) is 30.9 Å². The molecule has 0 aliphatic carbocycles. The normalized spacial score (nSPS) is 15.7. The summed E-state index contributed by atoms with van der Waals surface area (Å²) in [5.74, 6) is 0.487. The van der Waals surface area contributed by atoms with Crippen LogP contribution in [0.3, 0.4) is 0 Å². The maximum atomic E-state index is 12.5.